The van der Waals surface area contributed by atoms with Crippen LogP contribution >= 0.6 is 0 Å². The Bertz CT molecular complexity index is 1160. The van der Waals surface area contributed by atoms with Gasteiger partial charge in [0.25, 0.3) is 5.69 Å². The Kier molecular flexibility index (Phi) is 4.69. The number of rotatable bonds is 3. The van der Waals surface area contributed by atoms with E-state index >= 15 is 0 Å². The zero-order valence-corrected chi connectivity index (χ0v) is 17.7. The van der Waals surface area contributed by atoms with Gasteiger partial charge in [-0.15, -0.1) is 0 Å². The second-order valence-corrected chi connectivity index (χ2v) is 8.31. The molecule has 1 spiro atoms. The number of nitrogens with zero attached hydrogens (tertiary/aromatic N) is 3. The Labute approximate surface area is 188 Å². The van der Waals surface area contributed by atoms with E-state index in [0.29, 0.717) is 30.9 Å². The number of imide groups is 2. The van der Waals surface area contributed by atoms with Crippen molar-refractivity contribution in [2.45, 2.75) is 12.5 Å². The Morgan fingerprint density at radius 3 is 2.39 bits per heavy atom. The molecule has 3 aliphatic rings. The number of barbiturate groups is 1. The molecular formula is C22H21N5O6. The molecule has 11 nitrogen and oxygen atoms in total. The van der Waals surface area contributed by atoms with Gasteiger partial charge in [-0.05, 0) is 35.9 Å². The van der Waals surface area contributed by atoms with Crippen LogP contribution in [0.4, 0.5) is 21.9 Å². The molecule has 1 atom stereocenters. The second kappa shape index (κ2) is 7.47. The molecule has 0 saturated carbocycles. The summed E-state index contributed by atoms with van der Waals surface area (Å²) in [6, 6.07) is 10.5. The van der Waals surface area contributed by atoms with Gasteiger partial charge in [0.05, 0.1) is 18.1 Å². The van der Waals surface area contributed by atoms with Gasteiger partial charge in [-0.1, -0.05) is 0 Å². The number of urea groups is 1. The largest absolute Gasteiger partial charge is 0.497 e. The van der Waals surface area contributed by atoms with Gasteiger partial charge < -0.3 is 14.5 Å². The van der Waals surface area contributed by atoms with E-state index in [0.717, 1.165) is 11.4 Å². The van der Waals surface area contributed by atoms with Gasteiger partial charge in [-0.3, -0.25) is 30.3 Å². The fourth-order valence-corrected chi connectivity index (χ4v) is 5.07. The molecule has 0 radical (unpaired) electrons. The van der Waals surface area contributed by atoms with Gasteiger partial charge in [-0.25, -0.2) is 4.79 Å². The molecule has 0 unspecified atom stereocenters. The quantitative estimate of drug-likeness (QED) is 0.404. The molecule has 2 aromatic carbocycles. The summed E-state index contributed by atoms with van der Waals surface area (Å²) in [6.45, 7) is 1.44. The van der Waals surface area contributed by atoms with Crippen molar-refractivity contribution >= 4 is 34.9 Å². The third-order valence-corrected chi connectivity index (χ3v) is 6.70. The molecule has 5 rings (SSSR count). The Balaban J connectivity index is 1.59. The number of nitro groups is 1. The molecule has 2 fully saturated rings. The molecule has 0 bridgehead atoms. The van der Waals surface area contributed by atoms with Crippen LogP contribution in [-0.4, -0.2) is 55.6 Å². The average Bonchev–Trinajstić information content (AvgIpc) is 2.81. The summed E-state index contributed by atoms with van der Waals surface area (Å²) < 4.78 is 5.22. The molecule has 4 amide bonds. The minimum atomic E-state index is -1.61. The number of fused-ring (bicyclic) bond motifs is 4. The van der Waals surface area contributed by atoms with Crippen molar-refractivity contribution in [3.05, 3.63) is 58.1 Å². The summed E-state index contributed by atoms with van der Waals surface area (Å²) in [7, 11) is 1.59. The maximum Gasteiger partial charge on any atom is 0.328 e. The van der Waals surface area contributed by atoms with E-state index in [1.165, 1.54) is 12.1 Å². The minimum absolute atomic E-state index is 0.0490. The van der Waals surface area contributed by atoms with Crippen LogP contribution in [0.2, 0.25) is 0 Å². The zero-order valence-electron chi connectivity index (χ0n) is 17.7. The van der Waals surface area contributed by atoms with E-state index < -0.39 is 34.2 Å². The number of methoxy groups -OCH3 is 1. The van der Waals surface area contributed by atoms with E-state index in [2.05, 4.69) is 15.5 Å². The van der Waals surface area contributed by atoms with E-state index in [4.69, 9.17) is 4.74 Å². The van der Waals surface area contributed by atoms with E-state index in [1.807, 2.05) is 29.2 Å². The first-order valence-corrected chi connectivity index (χ1v) is 10.4. The number of nitrogens with one attached hydrogen (secondary N) is 2. The highest BCUT2D eigenvalue weighted by molar-refractivity contribution is 6.20. The zero-order chi connectivity index (χ0) is 23.3. The first-order chi connectivity index (χ1) is 15.8. The number of hydrogen-bond donors (Lipinski definition) is 2. The lowest BCUT2D eigenvalue weighted by atomic mass is 9.68. The Morgan fingerprint density at radius 2 is 1.76 bits per heavy atom. The van der Waals surface area contributed by atoms with Gasteiger partial charge in [-0.2, -0.15) is 0 Å². The van der Waals surface area contributed by atoms with Gasteiger partial charge in [0, 0.05) is 49.6 Å². The van der Waals surface area contributed by atoms with E-state index in [-0.39, 0.29) is 12.1 Å². The van der Waals surface area contributed by atoms with Crippen LogP contribution in [0, 0.1) is 15.5 Å². The van der Waals surface area contributed by atoms with Crippen LogP contribution in [0.15, 0.2) is 42.5 Å². The summed E-state index contributed by atoms with van der Waals surface area (Å²) in [5.41, 5.74) is 0.460. The molecule has 3 heterocycles. The number of nitro benzene ring substituents is 1. The van der Waals surface area contributed by atoms with Crippen LogP contribution in [-0.2, 0) is 16.0 Å². The summed E-state index contributed by atoms with van der Waals surface area (Å²) in [6.07, 6.45) is -0.0490. The molecule has 0 aliphatic carbocycles. The van der Waals surface area contributed by atoms with Gasteiger partial charge in [0.15, 0.2) is 5.41 Å². The molecule has 11 heteroatoms. The summed E-state index contributed by atoms with van der Waals surface area (Å²) >= 11 is 0. The van der Waals surface area contributed by atoms with Crippen LogP contribution in [0.1, 0.15) is 5.56 Å². The number of amides is 4. The number of non-ortho nitro benzene ring substituents is 1. The highest BCUT2D eigenvalue weighted by atomic mass is 16.6. The second-order valence-electron chi connectivity index (χ2n) is 8.31. The third kappa shape index (κ3) is 3.15. The molecule has 2 saturated heterocycles. The Morgan fingerprint density at radius 1 is 1.06 bits per heavy atom. The van der Waals surface area contributed by atoms with Crippen LogP contribution in [0.3, 0.4) is 0 Å². The number of piperazine rings is 1. The predicted molar refractivity (Wildman–Crippen MR) is 117 cm³/mol. The Hall–Kier alpha value is -4.15. The lowest BCUT2D eigenvalue weighted by molar-refractivity contribution is -0.384. The highest BCUT2D eigenvalue weighted by Crippen LogP contribution is 2.45. The van der Waals surface area contributed by atoms with Crippen molar-refractivity contribution in [3.8, 4) is 5.75 Å². The fourth-order valence-electron chi connectivity index (χ4n) is 5.07. The molecule has 2 aromatic rings. The summed E-state index contributed by atoms with van der Waals surface area (Å²) in [5, 5.41) is 15.8. The SMILES string of the molecule is COc1ccc(N2CCN3c4ccc([N+](=O)[O-])cc4CC4(C(=O)NC(=O)NC4=O)[C@@H]3C2)cc1. The van der Waals surface area contributed by atoms with Crippen molar-refractivity contribution < 1.29 is 24.0 Å². The van der Waals surface area contributed by atoms with Crippen molar-refractivity contribution in [1.82, 2.24) is 10.6 Å². The van der Waals surface area contributed by atoms with Crippen molar-refractivity contribution in [2.24, 2.45) is 5.41 Å². The molecule has 0 aromatic heterocycles. The van der Waals surface area contributed by atoms with Gasteiger partial charge >= 0.3 is 6.03 Å². The number of carbonyl (C=O) groups is 3. The molecule has 170 valence electrons. The third-order valence-electron chi connectivity index (χ3n) is 6.70. The highest BCUT2D eigenvalue weighted by Gasteiger charge is 2.61. The smallest absolute Gasteiger partial charge is 0.328 e. The number of carbonyl (C=O) groups excluding carboxylic acids is 3. The normalized spacial score (nSPS) is 21.1. The molecule has 33 heavy (non-hydrogen) atoms. The number of hydrogen-bond acceptors (Lipinski definition) is 8. The van der Waals surface area contributed by atoms with E-state index in [1.54, 1.807) is 13.2 Å². The fraction of sp³-hybridized carbons (Fsp3) is 0.318. The lowest BCUT2D eigenvalue weighted by Crippen LogP contribution is -2.74. The monoisotopic (exact) mass is 451 g/mol. The van der Waals surface area contributed by atoms with Crippen molar-refractivity contribution in [2.75, 3.05) is 36.5 Å². The van der Waals surface area contributed by atoms with E-state index in [9.17, 15) is 24.5 Å². The average molecular weight is 451 g/mol. The maximum atomic E-state index is 13.2. The number of anilines is 2. The maximum absolute atomic E-state index is 13.2. The van der Waals surface area contributed by atoms with Gasteiger partial charge in [0.1, 0.15) is 5.75 Å². The van der Waals surface area contributed by atoms with Gasteiger partial charge in [0.2, 0.25) is 11.8 Å². The standard InChI is InChI=1S/C22H21N5O6/c1-33-16-5-2-14(3-6-16)25-8-9-26-17-7-4-15(27(31)32)10-13(17)11-22(18(26)12-25)19(28)23-21(30)24-20(22)29/h2-7,10,18H,8-9,11-12H2,1H3,(H2,23,24,28,29,30)/t18-/m0/s1. The number of benzene rings is 2. The topological polar surface area (TPSA) is 134 Å². The van der Waals surface area contributed by atoms with Crippen molar-refractivity contribution in [3.63, 3.8) is 0 Å². The van der Waals surface area contributed by atoms with Crippen LogP contribution < -0.4 is 25.2 Å². The van der Waals surface area contributed by atoms with Crippen LogP contribution in [0.5, 0.6) is 5.75 Å². The first kappa shape index (κ1) is 20.7. The van der Waals surface area contributed by atoms with Crippen molar-refractivity contribution in [1.29, 1.82) is 0 Å². The summed E-state index contributed by atoms with van der Waals surface area (Å²) in [4.78, 5) is 53.1. The summed E-state index contributed by atoms with van der Waals surface area (Å²) in [5.74, 6) is -0.674. The molecule has 3 aliphatic heterocycles. The molecule has 2 N–H and O–H groups in total. The predicted octanol–water partition coefficient (Wildman–Crippen LogP) is 1.21. The first-order valence-electron chi connectivity index (χ1n) is 10.4. The molecular weight excluding hydrogens is 430 g/mol. The van der Waals surface area contributed by atoms with Crippen LogP contribution in [0.25, 0.3) is 0 Å². The lowest BCUT2D eigenvalue weighted by Gasteiger charge is -2.54. The number of ether oxygens (including phenoxy) is 1. The minimum Gasteiger partial charge on any atom is -0.497 e.